The number of piperazine rings is 1. The van der Waals surface area contributed by atoms with E-state index in [1.807, 2.05) is 6.07 Å². The van der Waals surface area contributed by atoms with E-state index >= 15 is 0 Å². The molecule has 2 aliphatic heterocycles. The van der Waals surface area contributed by atoms with Gasteiger partial charge in [-0.15, -0.1) is 0 Å². The Balaban J connectivity index is 1.47. The molecule has 2 heterocycles. The lowest BCUT2D eigenvalue weighted by atomic mass is 10.2. The number of rotatable bonds is 5. The number of nitrogens with one attached hydrogen (secondary N) is 1. The van der Waals surface area contributed by atoms with Gasteiger partial charge in [0.2, 0.25) is 5.91 Å². The van der Waals surface area contributed by atoms with Crippen LogP contribution in [0.2, 0.25) is 0 Å². The molecule has 2 aliphatic rings. The third-order valence-electron chi connectivity index (χ3n) is 4.75. The highest BCUT2D eigenvalue weighted by molar-refractivity contribution is 7.86. The van der Waals surface area contributed by atoms with Crippen molar-refractivity contribution in [2.75, 3.05) is 45.8 Å². The van der Waals surface area contributed by atoms with Crippen molar-refractivity contribution in [3.05, 3.63) is 35.9 Å². The zero-order chi connectivity index (χ0) is 18.6. The van der Waals surface area contributed by atoms with Gasteiger partial charge in [-0.2, -0.15) is 17.0 Å². The van der Waals surface area contributed by atoms with Gasteiger partial charge in [0.15, 0.2) is 0 Å². The third-order valence-corrected chi connectivity index (χ3v) is 6.78. The van der Waals surface area contributed by atoms with Crippen molar-refractivity contribution >= 4 is 22.0 Å². The first-order valence-corrected chi connectivity index (χ1v) is 10.2. The van der Waals surface area contributed by atoms with Crippen LogP contribution in [0.25, 0.3) is 0 Å². The van der Waals surface area contributed by atoms with Crippen molar-refractivity contribution in [2.45, 2.75) is 12.8 Å². The Morgan fingerprint density at radius 3 is 2.08 bits per heavy atom. The highest BCUT2D eigenvalue weighted by Gasteiger charge is 2.34. The summed E-state index contributed by atoms with van der Waals surface area (Å²) in [7, 11) is -3.41. The molecule has 3 rings (SSSR count). The molecule has 2 saturated heterocycles. The number of benzene rings is 1. The zero-order valence-electron chi connectivity index (χ0n) is 14.6. The van der Waals surface area contributed by atoms with Gasteiger partial charge in [0.1, 0.15) is 0 Å². The lowest BCUT2D eigenvalue weighted by Crippen LogP contribution is -2.55. The fourth-order valence-corrected chi connectivity index (χ4v) is 4.88. The molecule has 1 aromatic carbocycles. The summed E-state index contributed by atoms with van der Waals surface area (Å²) in [5.74, 6) is -0.498. The summed E-state index contributed by atoms with van der Waals surface area (Å²) in [5.41, 5.74) is 0.502. The minimum atomic E-state index is -3.41. The number of hydrogen-bond donors (Lipinski definition) is 1. The van der Waals surface area contributed by atoms with E-state index in [-0.39, 0.29) is 31.4 Å². The minimum Gasteiger partial charge on any atom is -0.343 e. The molecular weight excluding hydrogens is 356 g/mol. The maximum atomic E-state index is 12.5. The third kappa shape index (κ3) is 4.22. The number of hydrogen-bond acceptors (Lipinski definition) is 4. The SMILES string of the molecule is O=C(NCC(=O)N1CCN(S(=O)(=O)N2CCCC2)CC1)c1ccccc1. The highest BCUT2D eigenvalue weighted by Crippen LogP contribution is 2.18. The number of amides is 2. The highest BCUT2D eigenvalue weighted by atomic mass is 32.2. The van der Waals surface area contributed by atoms with Gasteiger partial charge in [-0.05, 0) is 25.0 Å². The Kier molecular flexibility index (Phi) is 5.90. The van der Waals surface area contributed by atoms with Crippen molar-refractivity contribution in [3.63, 3.8) is 0 Å². The standard InChI is InChI=1S/C17H24N4O4S/c22-16(14-18-17(23)15-6-2-1-3-7-15)19-10-12-21(13-11-19)26(24,25)20-8-4-5-9-20/h1-3,6-7H,4-5,8-14H2,(H,18,23). The molecule has 26 heavy (non-hydrogen) atoms. The minimum absolute atomic E-state index is 0.0907. The van der Waals surface area contributed by atoms with Gasteiger partial charge in [0, 0.05) is 44.8 Å². The van der Waals surface area contributed by atoms with E-state index in [0.717, 1.165) is 12.8 Å². The molecule has 0 bridgehead atoms. The van der Waals surface area contributed by atoms with Crippen LogP contribution in [0.1, 0.15) is 23.2 Å². The van der Waals surface area contributed by atoms with Gasteiger partial charge in [-0.25, -0.2) is 0 Å². The van der Waals surface area contributed by atoms with Crippen molar-refractivity contribution in [1.82, 2.24) is 18.8 Å². The van der Waals surface area contributed by atoms with Gasteiger partial charge in [0.25, 0.3) is 16.1 Å². The number of carbonyl (C=O) groups excluding carboxylic acids is 2. The Bertz CT molecular complexity index is 739. The van der Waals surface area contributed by atoms with Crippen molar-refractivity contribution < 1.29 is 18.0 Å². The smallest absolute Gasteiger partial charge is 0.282 e. The fourth-order valence-electron chi connectivity index (χ4n) is 3.21. The van der Waals surface area contributed by atoms with Crippen LogP contribution in [0.15, 0.2) is 30.3 Å². The molecule has 2 amide bonds. The van der Waals surface area contributed by atoms with E-state index in [9.17, 15) is 18.0 Å². The molecule has 0 aromatic heterocycles. The van der Waals surface area contributed by atoms with Gasteiger partial charge in [0.05, 0.1) is 6.54 Å². The first-order chi connectivity index (χ1) is 12.5. The average Bonchev–Trinajstić information content (AvgIpc) is 3.22. The molecule has 0 unspecified atom stereocenters. The van der Waals surface area contributed by atoms with Crippen LogP contribution in [0.4, 0.5) is 0 Å². The van der Waals surface area contributed by atoms with E-state index < -0.39 is 10.2 Å². The van der Waals surface area contributed by atoms with Gasteiger partial charge >= 0.3 is 0 Å². The second-order valence-corrected chi connectivity index (χ2v) is 8.37. The van der Waals surface area contributed by atoms with Crippen LogP contribution >= 0.6 is 0 Å². The lowest BCUT2D eigenvalue weighted by molar-refractivity contribution is -0.131. The van der Waals surface area contributed by atoms with E-state index in [1.54, 1.807) is 29.2 Å². The Morgan fingerprint density at radius 2 is 1.46 bits per heavy atom. The summed E-state index contributed by atoms with van der Waals surface area (Å²) in [6, 6.07) is 8.70. The van der Waals surface area contributed by atoms with E-state index in [0.29, 0.717) is 31.7 Å². The molecule has 0 spiro atoms. The molecular formula is C17H24N4O4S. The fraction of sp³-hybridized carbons (Fsp3) is 0.529. The first kappa shape index (κ1) is 18.8. The maximum Gasteiger partial charge on any atom is 0.282 e. The Morgan fingerprint density at radius 1 is 0.885 bits per heavy atom. The topological polar surface area (TPSA) is 90.0 Å². The zero-order valence-corrected chi connectivity index (χ0v) is 15.5. The molecule has 0 atom stereocenters. The van der Waals surface area contributed by atoms with Crippen LogP contribution < -0.4 is 5.32 Å². The molecule has 1 aromatic rings. The van der Waals surface area contributed by atoms with E-state index in [2.05, 4.69) is 5.32 Å². The van der Waals surface area contributed by atoms with Crippen LogP contribution in [0.3, 0.4) is 0 Å². The molecule has 1 N–H and O–H groups in total. The molecule has 8 nitrogen and oxygen atoms in total. The van der Waals surface area contributed by atoms with Crippen LogP contribution in [0.5, 0.6) is 0 Å². The quantitative estimate of drug-likeness (QED) is 0.773. The summed E-state index contributed by atoms with van der Waals surface area (Å²) < 4.78 is 28.0. The van der Waals surface area contributed by atoms with Gasteiger partial charge in [-0.1, -0.05) is 18.2 Å². The predicted octanol–water partition coefficient (Wildman–Crippen LogP) is -0.0988. The monoisotopic (exact) mass is 380 g/mol. The van der Waals surface area contributed by atoms with E-state index in [4.69, 9.17) is 0 Å². The molecule has 0 saturated carbocycles. The van der Waals surface area contributed by atoms with Crippen LogP contribution in [0, 0.1) is 0 Å². The first-order valence-electron chi connectivity index (χ1n) is 8.85. The number of carbonyl (C=O) groups is 2. The van der Waals surface area contributed by atoms with Gasteiger partial charge < -0.3 is 10.2 Å². The van der Waals surface area contributed by atoms with Crippen LogP contribution in [-0.4, -0.2) is 79.6 Å². The largest absolute Gasteiger partial charge is 0.343 e. The summed E-state index contributed by atoms with van der Waals surface area (Å²) in [5, 5.41) is 2.61. The molecule has 2 fully saturated rings. The maximum absolute atomic E-state index is 12.5. The summed E-state index contributed by atoms with van der Waals surface area (Å²) >= 11 is 0. The second kappa shape index (κ2) is 8.15. The van der Waals surface area contributed by atoms with E-state index in [1.165, 1.54) is 8.61 Å². The number of nitrogens with zero attached hydrogens (tertiary/aromatic N) is 3. The molecule has 9 heteroatoms. The molecule has 0 aliphatic carbocycles. The average molecular weight is 380 g/mol. The van der Waals surface area contributed by atoms with Crippen molar-refractivity contribution in [2.24, 2.45) is 0 Å². The summed E-state index contributed by atoms with van der Waals surface area (Å²) in [6.45, 7) is 2.32. The van der Waals surface area contributed by atoms with Crippen molar-refractivity contribution in [3.8, 4) is 0 Å². The molecule has 0 radical (unpaired) electrons. The summed E-state index contributed by atoms with van der Waals surface area (Å²) in [6.07, 6.45) is 1.80. The van der Waals surface area contributed by atoms with Crippen molar-refractivity contribution in [1.29, 1.82) is 0 Å². The normalized spacial score (nSPS) is 19.5. The predicted molar refractivity (Wildman–Crippen MR) is 96.7 cm³/mol. The van der Waals surface area contributed by atoms with Crippen LogP contribution in [-0.2, 0) is 15.0 Å². The lowest BCUT2D eigenvalue weighted by Gasteiger charge is -2.35. The summed E-state index contributed by atoms with van der Waals surface area (Å²) in [4.78, 5) is 25.9. The second-order valence-electron chi connectivity index (χ2n) is 6.44. The molecule has 142 valence electrons. The Hall–Kier alpha value is -1.97. The van der Waals surface area contributed by atoms with Gasteiger partial charge in [-0.3, -0.25) is 9.59 Å². The Labute approximate surface area is 153 Å².